The number of aliphatic hydroxyl groups is 2. The lowest BCUT2D eigenvalue weighted by Crippen LogP contribution is -2.45. The summed E-state index contributed by atoms with van der Waals surface area (Å²) in [4.78, 5) is 12.5. The maximum absolute atomic E-state index is 12.5. The standard InChI is InChI=1S/C67H115NO3/c1-3-5-7-9-11-13-15-17-19-21-23-25-27-29-31-32-33-34-35-37-38-40-42-44-46-48-50-52-54-56-58-60-62-66(70)65(64-69)68-67(71)63-61-59-57-55-53-51-49-47-45-43-41-39-36-30-28-26-24-22-20-18-16-14-12-10-8-6-4-2/h6,8,12,14,18,20,24,26,30,36,41,43,47,49,52-55,60,62,65-66,69-70H,3-5,7,9-11,13,15-17,19,21-23,25,27-29,31-35,37-40,42,44-46,48,50-51,56-59,61,63-64H2,1-2H3,(H,68,71)/b8-6-,14-12-,20-18-,26-24-,36-30-,43-41-,49-47-,54-52+,55-53-,62-60+. The predicted molar refractivity (Wildman–Crippen MR) is 317 cm³/mol. The van der Waals surface area contributed by atoms with Crippen molar-refractivity contribution in [1.82, 2.24) is 5.32 Å². The maximum atomic E-state index is 12.5. The Morgan fingerprint density at radius 3 is 0.986 bits per heavy atom. The van der Waals surface area contributed by atoms with Crippen molar-refractivity contribution in [2.75, 3.05) is 6.61 Å². The van der Waals surface area contributed by atoms with E-state index in [-0.39, 0.29) is 12.5 Å². The summed E-state index contributed by atoms with van der Waals surface area (Å²) < 4.78 is 0. The minimum absolute atomic E-state index is 0.119. The molecule has 0 fully saturated rings. The van der Waals surface area contributed by atoms with Gasteiger partial charge in [-0.2, -0.15) is 0 Å². The van der Waals surface area contributed by atoms with E-state index in [2.05, 4.69) is 129 Å². The third kappa shape index (κ3) is 57.6. The van der Waals surface area contributed by atoms with E-state index in [0.717, 1.165) is 89.9 Å². The molecule has 406 valence electrons. The van der Waals surface area contributed by atoms with Gasteiger partial charge in [-0.25, -0.2) is 0 Å². The second-order valence-corrected chi connectivity index (χ2v) is 20.0. The molecule has 2 atom stereocenters. The Kier molecular flexibility index (Phi) is 58.3. The molecule has 4 nitrogen and oxygen atoms in total. The molecular formula is C67H115NO3. The van der Waals surface area contributed by atoms with Crippen LogP contribution >= 0.6 is 0 Å². The van der Waals surface area contributed by atoms with Gasteiger partial charge in [0.25, 0.3) is 0 Å². The smallest absolute Gasteiger partial charge is 0.220 e. The van der Waals surface area contributed by atoms with E-state index in [4.69, 9.17) is 0 Å². The van der Waals surface area contributed by atoms with Crippen molar-refractivity contribution in [2.24, 2.45) is 0 Å². The highest BCUT2D eigenvalue weighted by atomic mass is 16.3. The molecule has 0 aliphatic heterocycles. The van der Waals surface area contributed by atoms with Crippen molar-refractivity contribution >= 4 is 5.91 Å². The number of amides is 1. The molecule has 0 aliphatic rings. The van der Waals surface area contributed by atoms with Crippen LogP contribution in [0.25, 0.3) is 0 Å². The highest BCUT2D eigenvalue weighted by Crippen LogP contribution is 2.17. The number of allylic oxidation sites excluding steroid dienone is 19. The first-order valence-corrected chi connectivity index (χ1v) is 30.2. The molecule has 0 spiro atoms. The van der Waals surface area contributed by atoms with Gasteiger partial charge in [0.15, 0.2) is 0 Å². The highest BCUT2D eigenvalue weighted by Gasteiger charge is 2.17. The van der Waals surface area contributed by atoms with Crippen molar-refractivity contribution in [3.63, 3.8) is 0 Å². The lowest BCUT2D eigenvalue weighted by atomic mass is 10.0. The van der Waals surface area contributed by atoms with Crippen molar-refractivity contribution in [1.29, 1.82) is 0 Å². The molecule has 2 unspecified atom stereocenters. The molecule has 0 bridgehead atoms. The first-order valence-electron chi connectivity index (χ1n) is 30.2. The molecule has 0 rings (SSSR count). The van der Waals surface area contributed by atoms with Crippen molar-refractivity contribution in [3.05, 3.63) is 122 Å². The van der Waals surface area contributed by atoms with E-state index in [1.165, 1.54) is 167 Å². The maximum Gasteiger partial charge on any atom is 0.220 e. The molecule has 71 heavy (non-hydrogen) atoms. The number of aliphatic hydroxyl groups excluding tert-OH is 2. The van der Waals surface area contributed by atoms with E-state index in [0.29, 0.717) is 6.42 Å². The zero-order valence-electron chi connectivity index (χ0n) is 46.7. The molecular weight excluding hydrogens is 867 g/mol. The molecule has 0 aromatic rings. The molecule has 0 heterocycles. The fourth-order valence-electron chi connectivity index (χ4n) is 8.62. The van der Waals surface area contributed by atoms with Gasteiger partial charge in [0, 0.05) is 6.42 Å². The molecule has 0 aliphatic carbocycles. The summed E-state index contributed by atoms with van der Waals surface area (Å²) in [6, 6.07) is -0.674. The summed E-state index contributed by atoms with van der Waals surface area (Å²) in [5.41, 5.74) is 0. The quantitative estimate of drug-likeness (QED) is 0.0420. The lowest BCUT2D eigenvalue weighted by Gasteiger charge is -2.19. The van der Waals surface area contributed by atoms with Gasteiger partial charge in [0.2, 0.25) is 5.91 Å². The summed E-state index contributed by atoms with van der Waals surface area (Å²) in [6.07, 6.45) is 93.8. The molecule has 1 amide bonds. The second kappa shape index (κ2) is 61.1. The molecule has 0 saturated carbocycles. The Bertz CT molecular complexity index is 1390. The average molecular weight is 983 g/mol. The Balaban J connectivity index is 3.63. The van der Waals surface area contributed by atoms with Gasteiger partial charge in [0.05, 0.1) is 18.8 Å². The van der Waals surface area contributed by atoms with Crippen LogP contribution in [0.4, 0.5) is 0 Å². The highest BCUT2D eigenvalue weighted by molar-refractivity contribution is 5.76. The van der Waals surface area contributed by atoms with Crippen molar-refractivity contribution in [2.45, 2.75) is 289 Å². The Morgan fingerprint density at radius 2 is 0.634 bits per heavy atom. The molecule has 4 heteroatoms. The van der Waals surface area contributed by atoms with Gasteiger partial charge in [-0.1, -0.05) is 296 Å². The second-order valence-electron chi connectivity index (χ2n) is 20.0. The zero-order chi connectivity index (χ0) is 51.3. The number of hydrogen-bond acceptors (Lipinski definition) is 3. The van der Waals surface area contributed by atoms with E-state index >= 15 is 0 Å². The largest absolute Gasteiger partial charge is 0.394 e. The van der Waals surface area contributed by atoms with Crippen LogP contribution in [-0.2, 0) is 4.79 Å². The molecule has 0 aromatic carbocycles. The Hall–Kier alpha value is -3.21. The van der Waals surface area contributed by atoms with Gasteiger partial charge in [-0.05, 0) is 96.3 Å². The lowest BCUT2D eigenvalue weighted by molar-refractivity contribution is -0.123. The average Bonchev–Trinajstić information content (AvgIpc) is 3.37. The van der Waals surface area contributed by atoms with Gasteiger partial charge < -0.3 is 15.5 Å². The van der Waals surface area contributed by atoms with Crippen LogP contribution in [0, 0.1) is 0 Å². The Morgan fingerprint density at radius 1 is 0.352 bits per heavy atom. The number of carbonyl (C=O) groups is 1. The monoisotopic (exact) mass is 982 g/mol. The molecule has 0 aromatic heterocycles. The SMILES string of the molecule is CC/C=C\C/C=C\C/C=C\C/C=C\C/C=C\C/C=C\C/C=C\C/C=C\CCCCC(=O)NC(CO)C(O)/C=C/CC/C=C/CCCCCCCCCCCCCCCCCCCCCCCCCCCC. The van der Waals surface area contributed by atoms with Gasteiger partial charge >= 0.3 is 0 Å². The summed E-state index contributed by atoms with van der Waals surface area (Å²) in [5.74, 6) is -0.119. The number of rotatable bonds is 54. The topological polar surface area (TPSA) is 69.6 Å². The number of unbranched alkanes of at least 4 members (excludes halogenated alkanes) is 29. The van der Waals surface area contributed by atoms with Crippen LogP contribution in [0.1, 0.15) is 277 Å². The first kappa shape index (κ1) is 67.8. The van der Waals surface area contributed by atoms with Crippen LogP contribution in [0.5, 0.6) is 0 Å². The summed E-state index contributed by atoms with van der Waals surface area (Å²) in [6.45, 7) is 4.18. The predicted octanol–water partition coefficient (Wildman–Crippen LogP) is 20.4. The Labute approximate surface area is 441 Å². The minimum Gasteiger partial charge on any atom is -0.394 e. The summed E-state index contributed by atoms with van der Waals surface area (Å²) >= 11 is 0. The van der Waals surface area contributed by atoms with E-state index < -0.39 is 12.1 Å². The fourth-order valence-corrected chi connectivity index (χ4v) is 8.62. The number of carbonyl (C=O) groups excluding carboxylic acids is 1. The van der Waals surface area contributed by atoms with E-state index in [1.807, 2.05) is 6.08 Å². The van der Waals surface area contributed by atoms with Crippen molar-refractivity contribution < 1.29 is 15.0 Å². The van der Waals surface area contributed by atoms with Crippen LogP contribution in [0.15, 0.2) is 122 Å². The molecule has 3 N–H and O–H groups in total. The summed E-state index contributed by atoms with van der Waals surface area (Å²) in [5, 5.41) is 23.1. The summed E-state index contributed by atoms with van der Waals surface area (Å²) in [7, 11) is 0. The van der Waals surface area contributed by atoms with E-state index in [9.17, 15) is 15.0 Å². The normalized spacial score (nSPS) is 13.7. The van der Waals surface area contributed by atoms with Crippen LogP contribution in [0.2, 0.25) is 0 Å². The van der Waals surface area contributed by atoms with Crippen LogP contribution in [0.3, 0.4) is 0 Å². The fraction of sp³-hybridized carbons (Fsp3) is 0.687. The third-order valence-electron chi connectivity index (χ3n) is 13.2. The minimum atomic E-state index is -0.892. The first-order chi connectivity index (χ1) is 35.2. The van der Waals surface area contributed by atoms with Crippen LogP contribution in [-0.4, -0.2) is 34.9 Å². The third-order valence-corrected chi connectivity index (χ3v) is 13.2. The molecule has 0 radical (unpaired) electrons. The van der Waals surface area contributed by atoms with E-state index in [1.54, 1.807) is 6.08 Å². The number of nitrogens with one attached hydrogen (secondary N) is 1. The van der Waals surface area contributed by atoms with Crippen LogP contribution < -0.4 is 5.32 Å². The molecule has 0 saturated heterocycles. The van der Waals surface area contributed by atoms with Gasteiger partial charge in [-0.3, -0.25) is 4.79 Å². The van der Waals surface area contributed by atoms with Gasteiger partial charge in [0.1, 0.15) is 0 Å². The number of hydrogen-bond donors (Lipinski definition) is 3. The van der Waals surface area contributed by atoms with Crippen molar-refractivity contribution in [3.8, 4) is 0 Å². The zero-order valence-corrected chi connectivity index (χ0v) is 46.7. The van der Waals surface area contributed by atoms with Gasteiger partial charge in [-0.15, -0.1) is 0 Å².